The highest BCUT2D eigenvalue weighted by Crippen LogP contribution is 2.32. The number of carbonyl (C=O) groups excluding carboxylic acids is 2. The Morgan fingerprint density at radius 3 is 2.32 bits per heavy atom. The van der Waals surface area contributed by atoms with Gasteiger partial charge >= 0.3 is 0 Å². The van der Waals surface area contributed by atoms with Crippen molar-refractivity contribution in [2.75, 3.05) is 5.32 Å². The molecule has 2 amide bonds. The van der Waals surface area contributed by atoms with E-state index < -0.39 is 6.04 Å². The van der Waals surface area contributed by atoms with Crippen LogP contribution in [0.3, 0.4) is 0 Å². The zero-order valence-electron chi connectivity index (χ0n) is 11.3. The van der Waals surface area contributed by atoms with Gasteiger partial charge in [0.2, 0.25) is 5.91 Å². The molecule has 2 aliphatic rings. The van der Waals surface area contributed by atoms with Crippen LogP contribution in [0.1, 0.15) is 30.4 Å². The van der Waals surface area contributed by atoms with Gasteiger partial charge in [-0.25, -0.2) is 0 Å². The predicted octanol–water partition coefficient (Wildman–Crippen LogP) is 2.01. The van der Waals surface area contributed by atoms with Gasteiger partial charge < -0.3 is 5.32 Å². The quantitative estimate of drug-likeness (QED) is 0.844. The van der Waals surface area contributed by atoms with Crippen LogP contribution in [-0.4, -0.2) is 28.8 Å². The van der Waals surface area contributed by atoms with Gasteiger partial charge in [-0.05, 0) is 49.9 Å². The van der Waals surface area contributed by atoms with Gasteiger partial charge in [0.15, 0.2) is 0 Å². The summed E-state index contributed by atoms with van der Waals surface area (Å²) in [5.41, 5.74) is 3.22. The molecule has 1 aromatic rings. The molecule has 1 saturated carbocycles. The number of amides is 2. The standard InChI is InChI=1S/C15H18N2O2/c1-9-5-10(2)7-11(6-9)16-13-8-14(18)17(15(13)19)12-3-4-12/h5-7,12-13,16H,3-4,8H2,1-2H3. The lowest BCUT2D eigenvalue weighted by atomic mass is 10.1. The Balaban J connectivity index is 1.76. The van der Waals surface area contributed by atoms with E-state index in [0.717, 1.165) is 29.7 Å². The highest BCUT2D eigenvalue weighted by atomic mass is 16.2. The molecule has 4 heteroatoms. The van der Waals surface area contributed by atoms with Gasteiger partial charge in [-0.2, -0.15) is 0 Å². The highest BCUT2D eigenvalue weighted by Gasteiger charge is 2.46. The summed E-state index contributed by atoms with van der Waals surface area (Å²) in [6, 6.07) is 5.87. The average molecular weight is 258 g/mol. The van der Waals surface area contributed by atoms with Gasteiger partial charge in [0.25, 0.3) is 5.91 Å². The Bertz CT molecular complexity index is 529. The summed E-state index contributed by atoms with van der Waals surface area (Å²) in [7, 11) is 0. The zero-order chi connectivity index (χ0) is 13.6. The molecule has 1 aliphatic heterocycles. The second-order valence-corrected chi connectivity index (χ2v) is 5.61. The number of hydrogen-bond acceptors (Lipinski definition) is 3. The van der Waals surface area contributed by atoms with Crippen molar-refractivity contribution in [3.63, 3.8) is 0 Å². The molecule has 100 valence electrons. The highest BCUT2D eigenvalue weighted by molar-refractivity contribution is 6.07. The molecule has 0 spiro atoms. The minimum absolute atomic E-state index is 0.0330. The number of anilines is 1. The summed E-state index contributed by atoms with van der Waals surface area (Å²) >= 11 is 0. The van der Waals surface area contributed by atoms with Gasteiger partial charge in [-0.1, -0.05) is 6.07 Å². The summed E-state index contributed by atoms with van der Waals surface area (Å²) < 4.78 is 0. The summed E-state index contributed by atoms with van der Waals surface area (Å²) in [6.45, 7) is 4.05. The molecule has 1 aromatic carbocycles. The number of hydrogen-bond donors (Lipinski definition) is 1. The van der Waals surface area contributed by atoms with Crippen LogP contribution in [0.5, 0.6) is 0 Å². The van der Waals surface area contributed by atoms with Gasteiger partial charge in [0.1, 0.15) is 6.04 Å². The molecular formula is C15H18N2O2. The van der Waals surface area contributed by atoms with Crippen LogP contribution >= 0.6 is 0 Å². The van der Waals surface area contributed by atoms with E-state index in [4.69, 9.17) is 0 Å². The van der Waals surface area contributed by atoms with Crippen LogP contribution < -0.4 is 5.32 Å². The first-order valence-electron chi connectivity index (χ1n) is 6.75. The molecule has 1 N–H and O–H groups in total. The minimum atomic E-state index is -0.394. The van der Waals surface area contributed by atoms with Crippen LogP contribution in [0.15, 0.2) is 18.2 Å². The number of carbonyl (C=O) groups is 2. The summed E-state index contributed by atoms with van der Waals surface area (Å²) in [5.74, 6) is -0.0963. The van der Waals surface area contributed by atoms with E-state index in [1.54, 1.807) is 0 Å². The number of nitrogens with zero attached hydrogens (tertiary/aromatic N) is 1. The molecule has 1 heterocycles. The smallest absolute Gasteiger partial charge is 0.252 e. The Morgan fingerprint density at radius 2 is 1.74 bits per heavy atom. The summed E-state index contributed by atoms with van der Waals surface area (Å²) in [4.78, 5) is 25.5. The van der Waals surface area contributed by atoms with Crippen molar-refractivity contribution >= 4 is 17.5 Å². The van der Waals surface area contributed by atoms with Crippen LogP contribution in [0, 0.1) is 13.8 Å². The third kappa shape index (κ3) is 2.35. The largest absolute Gasteiger partial charge is 0.373 e. The van der Waals surface area contributed by atoms with E-state index >= 15 is 0 Å². The lowest BCUT2D eigenvalue weighted by molar-refractivity contribution is -0.139. The average Bonchev–Trinajstić information content (AvgIpc) is 3.07. The molecule has 1 unspecified atom stereocenters. The maximum atomic E-state index is 12.2. The Kier molecular flexibility index (Phi) is 2.81. The topological polar surface area (TPSA) is 49.4 Å². The maximum Gasteiger partial charge on any atom is 0.252 e. The SMILES string of the molecule is Cc1cc(C)cc(NC2CC(=O)N(C3CC3)C2=O)c1. The Morgan fingerprint density at radius 1 is 1.11 bits per heavy atom. The molecule has 0 bridgehead atoms. The fraction of sp³-hybridized carbons (Fsp3) is 0.467. The van der Waals surface area contributed by atoms with Gasteiger partial charge in [0.05, 0.1) is 6.42 Å². The van der Waals surface area contributed by atoms with Crippen molar-refractivity contribution < 1.29 is 9.59 Å². The predicted molar refractivity (Wildman–Crippen MR) is 72.8 cm³/mol. The van der Waals surface area contributed by atoms with Crippen LogP contribution in [0.25, 0.3) is 0 Å². The first-order chi connectivity index (χ1) is 9.04. The number of rotatable bonds is 3. The van der Waals surface area contributed by atoms with E-state index in [1.165, 1.54) is 4.90 Å². The van der Waals surface area contributed by atoms with Crippen LogP contribution in [-0.2, 0) is 9.59 Å². The molecule has 0 radical (unpaired) electrons. The van der Waals surface area contributed by atoms with Crippen molar-refractivity contribution in [1.29, 1.82) is 0 Å². The second kappa shape index (κ2) is 4.37. The summed E-state index contributed by atoms with van der Waals surface area (Å²) in [6.07, 6.45) is 2.21. The first kappa shape index (κ1) is 12.2. The number of benzene rings is 1. The van der Waals surface area contributed by atoms with Crippen molar-refractivity contribution in [3.8, 4) is 0 Å². The van der Waals surface area contributed by atoms with Crippen molar-refractivity contribution in [3.05, 3.63) is 29.3 Å². The summed E-state index contributed by atoms with van der Waals surface area (Å²) in [5, 5.41) is 3.20. The van der Waals surface area contributed by atoms with Crippen molar-refractivity contribution in [2.45, 2.75) is 45.2 Å². The number of aryl methyl sites for hydroxylation is 2. The fourth-order valence-corrected chi connectivity index (χ4v) is 2.74. The van der Waals surface area contributed by atoms with Gasteiger partial charge in [-0.3, -0.25) is 14.5 Å². The zero-order valence-corrected chi connectivity index (χ0v) is 11.3. The van der Waals surface area contributed by atoms with E-state index in [2.05, 4.69) is 11.4 Å². The number of imide groups is 1. The fourth-order valence-electron chi connectivity index (χ4n) is 2.74. The second-order valence-electron chi connectivity index (χ2n) is 5.61. The third-order valence-corrected chi connectivity index (χ3v) is 3.66. The minimum Gasteiger partial charge on any atom is -0.373 e. The maximum absolute atomic E-state index is 12.2. The molecule has 3 rings (SSSR count). The van der Waals surface area contributed by atoms with Crippen LogP contribution in [0.4, 0.5) is 5.69 Å². The molecule has 4 nitrogen and oxygen atoms in total. The lowest BCUT2D eigenvalue weighted by Gasteiger charge is -2.15. The first-order valence-corrected chi connectivity index (χ1v) is 6.75. The number of nitrogens with one attached hydrogen (secondary N) is 1. The molecule has 1 atom stereocenters. The number of likely N-dealkylation sites (tertiary alicyclic amines) is 1. The molecular weight excluding hydrogens is 240 g/mol. The van der Waals surface area contributed by atoms with E-state index in [9.17, 15) is 9.59 Å². The molecule has 0 aromatic heterocycles. The van der Waals surface area contributed by atoms with Crippen molar-refractivity contribution in [2.24, 2.45) is 0 Å². The third-order valence-electron chi connectivity index (χ3n) is 3.66. The van der Waals surface area contributed by atoms with E-state index in [1.807, 2.05) is 26.0 Å². The van der Waals surface area contributed by atoms with Gasteiger partial charge in [0, 0.05) is 11.7 Å². The molecule has 19 heavy (non-hydrogen) atoms. The van der Waals surface area contributed by atoms with E-state index in [0.29, 0.717) is 0 Å². The Hall–Kier alpha value is -1.84. The molecule has 1 saturated heterocycles. The molecule has 2 fully saturated rings. The van der Waals surface area contributed by atoms with E-state index in [-0.39, 0.29) is 24.3 Å². The van der Waals surface area contributed by atoms with Gasteiger partial charge in [-0.15, -0.1) is 0 Å². The normalized spacial score (nSPS) is 23.1. The lowest BCUT2D eigenvalue weighted by Crippen LogP contribution is -2.36. The van der Waals surface area contributed by atoms with Crippen molar-refractivity contribution in [1.82, 2.24) is 4.90 Å². The van der Waals surface area contributed by atoms with Crippen LogP contribution in [0.2, 0.25) is 0 Å². The molecule has 1 aliphatic carbocycles. The Labute approximate surface area is 112 Å². The monoisotopic (exact) mass is 258 g/mol.